The molecular weight excluding hydrogens is 261 g/mol. The van der Waals surface area contributed by atoms with E-state index in [2.05, 4.69) is 15.9 Å². The van der Waals surface area contributed by atoms with Crippen molar-refractivity contribution in [1.29, 1.82) is 0 Å². The maximum atomic E-state index is 13.9. The number of halogens is 2. The topological polar surface area (TPSA) is 35.2 Å². The largest absolute Gasteiger partial charge is 0.496 e. The van der Waals surface area contributed by atoms with Crippen molar-refractivity contribution in [1.82, 2.24) is 0 Å². The van der Waals surface area contributed by atoms with Crippen molar-refractivity contribution in [2.75, 3.05) is 13.7 Å². The Morgan fingerprint density at radius 3 is 2.67 bits per heavy atom. The second-order valence-electron chi connectivity index (χ2n) is 3.57. The molecule has 0 spiro atoms. The number of ether oxygens (including phenoxy) is 1. The zero-order valence-corrected chi connectivity index (χ0v) is 10.7. The first-order valence-electron chi connectivity index (χ1n) is 4.75. The molecule has 0 fully saturated rings. The van der Waals surface area contributed by atoms with Crippen molar-refractivity contribution >= 4 is 15.9 Å². The quantitative estimate of drug-likeness (QED) is 0.921. The van der Waals surface area contributed by atoms with Gasteiger partial charge in [0.1, 0.15) is 11.6 Å². The van der Waals surface area contributed by atoms with Gasteiger partial charge in [-0.25, -0.2) is 4.39 Å². The van der Waals surface area contributed by atoms with Gasteiger partial charge in [-0.15, -0.1) is 0 Å². The summed E-state index contributed by atoms with van der Waals surface area (Å²) in [6, 6.07) is 1.71. The molecule has 0 saturated carbocycles. The Morgan fingerprint density at radius 2 is 2.20 bits per heavy atom. The van der Waals surface area contributed by atoms with Crippen molar-refractivity contribution in [2.45, 2.75) is 19.8 Å². The molecule has 0 bridgehead atoms. The van der Waals surface area contributed by atoms with E-state index in [4.69, 9.17) is 10.5 Å². The highest BCUT2D eigenvalue weighted by molar-refractivity contribution is 9.10. The number of hydrogen-bond acceptors (Lipinski definition) is 2. The highest BCUT2D eigenvalue weighted by atomic mass is 79.9. The normalized spacial score (nSPS) is 12.7. The molecule has 0 aromatic heterocycles. The molecule has 0 aliphatic carbocycles. The minimum Gasteiger partial charge on any atom is -0.496 e. The van der Waals surface area contributed by atoms with E-state index in [0.717, 1.165) is 5.56 Å². The number of nitrogens with two attached hydrogens (primary N) is 1. The zero-order chi connectivity index (χ0) is 11.6. The average Bonchev–Trinajstić information content (AvgIpc) is 2.21. The minimum absolute atomic E-state index is 0.0591. The third-order valence-corrected chi connectivity index (χ3v) is 3.02. The third-order valence-electron chi connectivity index (χ3n) is 2.44. The molecule has 1 aromatic carbocycles. The van der Waals surface area contributed by atoms with Crippen molar-refractivity contribution in [2.24, 2.45) is 5.73 Å². The van der Waals surface area contributed by atoms with Gasteiger partial charge in [-0.05, 0) is 46.9 Å². The van der Waals surface area contributed by atoms with Crippen LogP contribution in [-0.2, 0) is 0 Å². The lowest BCUT2D eigenvalue weighted by Gasteiger charge is -2.17. The van der Waals surface area contributed by atoms with Crippen molar-refractivity contribution in [3.63, 3.8) is 0 Å². The Hall–Kier alpha value is -0.610. The minimum atomic E-state index is -0.282. The summed E-state index contributed by atoms with van der Waals surface area (Å²) in [5.41, 5.74) is 7.01. The van der Waals surface area contributed by atoms with Crippen molar-refractivity contribution < 1.29 is 9.13 Å². The molecule has 1 unspecified atom stereocenters. The molecule has 84 valence electrons. The Morgan fingerprint density at radius 1 is 1.60 bits per heavy atom. The van der Waals surface area contributed by atoms with E-state index in [9.17, 15) is 4.39 Å². The maximum absolute atomic E-state index is 13.9. The highest BCUT2D eigenvalue weighted by Crippen LogP contribution is 2.35. The van der Waals surface area contributed by atoms with Gasteiger partial charge in [0, 0.05) is 5.56 Å². The van der Waals surface area contributed by atoms with Gasteiger partial charge in [0.25, 0.3) is 0 Å². The first kappa shape index (κ1) is 12.5. The third kappa shape index (κ3) is 2.32. The van der Waals surface area contributed by atoms with Crippen LogP contribution in [-0.4, -0.2) is 13.7 Å². The van der Waals surface area contributed by atoms with Gasteiger partial charge in [0.05, 0.1) is 11.6 Å². The van der Waals surface area contributed by atoms with Crippen LogP contribution < -0.4 is 10.5 Å². The van der Waals surface area contributed by atoms with E-state index in [1.165, 1.54) is 0 Å². The zero-order valence-electron chi connectivity index (χ0n) is 9.10. The van der Waals surface area contributed by atoms with Crippen LogP contribution in [0.25, 0.3) is 0 Å². The van der Waals surface area contributed by atoms with Gasteiger partial charge in [-0.2, -0.15) is 0 Å². The predicted molar refractivity (Wildman–Crippen MR) is 62.9 cm³/mol. The van der Waals surface area contributed by atoms with Crippen molar-refractivity contribution in [3.8, 4) is 5.75 Å². The number of rotatable bonds is 3. The summed E-state index contributed by atoms with van der Waals surface area (Å²) >= 11 is 3.19. The molecule has 2 nitrogen and oxygen atoms in total. The fraction of sp³-hybridized carbons (Fsp3) is 0.455. The van der Waals surface area contributed by atoms with Gasteiger partial charge < -0.3 is 10.5 Å². The molecule has 15 heavy (non-hydrogen) atoms. The molecule has 0 heterocycles. The Labute approximate surface area is 97.7 Å². The fourth-order valence-electron chi connectivity index (χ4n) is 1.59. The molecule has 1 atom stereocenters. The average molecular weight is 276 g/mol. The standard InChI is InChI=1S/C11H15BrFNO/c1-6-4-8(12)10(13)9(7(2)5-14)11(6)15-3/h4,7H,5,14H2,1-3H3. The first-order chi connectivity index (χ1) is 7.02. The van der Waals surface area contributed by atoms with Crippen LogP contribution in [0.5, 0.6) is 5.75 Å². The Bertz CT molecular complexity index is 368. The van der Waals surface area contributed by atoms with E-state index < -0.39 is 0 Å². The molecule has 0 aliphatic heterocycles. The van der Waals surface area contributed by atoms with Crippen LogP contribution >= 0.6 is 15.9 Å². The summed E-state index contributed by atoms with van der Waals surface area (Å²) in [4.78, 5) is 0. The Kier molecular flexibility index (Phi) is 4.11. The molecule has 4 heteroatoms. The molecule has 1 aromatic rings. The van der Waals surface area contributed by atoms with Crippen molar-refractivity contribution in [3.05, 3.63) is 27.5 Å². The summed E-state index contributed by atoms with van der Waals surface area (Å²) in [6.45, 7) is 4.16. The number of aryl methyl sites for hydroxylation is 1. The van der Waals surface area contributed by atoms with Crippen LogP contribution in [0.1, 0.15) is 24.0 Å². The van der Waals surface area contributed by atoms with Crippen LogP contribution in [0.2, 0.25) is 0 Å². The van der Waals surface area contributed by atoms with Gasteiger partial charge in [-0.3, -0.25) is 0 Å². The second kappa shape index (κ2) is 4.94. The summed E-state index contributed by atoms with van der Waals surface area (Å²) in [6.07, 6.45) is 0. The number of benzene rings is 1. The lowest BCUT2D eigenvalue weighted by Crippen LogP contribution is -2.13. The number of methoxy groups -OCH3 is 1. The highest BCUT2D eigenvalue weighted by Gasteiger charge is 2.20. The Balaban J connectivity index is 3.43. The van der Waals surface area contributed by atoms with E-state index in [-0.39, 0.29) is 11.7 Å². The smallest absolute Gasteiger partial charge is 0.144 e. The molecule has 0 radical (unpaired) electrons. The number of hydrogen-bond donors (Lipinski definition) is 1. The lowest BCUT2D eigenvalue weighted by molar-refractivity contribution is 0.397. The maximum Gasteiger partial charge on any atom is 0.144 e. The van der Waals surface area contributed by atoms with Crippen LogP contribution in [0.15, 0.2) is 10.5 Å². The summed E-state index contributed by atoms with van der Waals surface area (Å²) in [5.74, 6) is 0.250. The molecular formula is C11H15BrFNO. The first-order valence-corrected chi connectivity index (χ1v) is 5.54. The van der Waals surface area contributed by atoms with E-state index >= 15 is 0 Å². The predicted octanol–water partition coefficient (Wildman–Crippen LogP) is 2.97. The molecule has 0 amide bonds. The molecule has 1 rings (SSSR count). The van der Waals surface area contributed by atoms with Crippen LogP contribution in [0, 0.1) is 12.7 Å². The SMILES string of the molecule is COc1c(C)cc(Br)c(F)c1C(C)CN. The van der Waals surface area contributed by atoms with E-state index in [1.807, 2.05) is 13.8 Å². The summed E-state index contributed by atoms with van der Waals surface area (Å²) in [7, 11) is 1.54. The van der Waals surface area contributed by atoms with Gasteiger partial charge in [-0.1, -0.05) is 6.92 Å². The van der Waals surface area contributed by atoms with Crippen LogP contribution in [0.3, 0.4) is 0 Å². The summed E-state index contributed by atoms with van der Waals surface area (Å²) < 4.78 is 19.6. The van der Waals surface area contributed by atoms with Gasteiger partial charge >= 0.3 is 0 Å². The monoisotopic (exact) mass is 275 g/mol. The molecule has 0 aliphatic rings. The fourth-order valence-corrected chi connectivity index (χ4v) is 2.15. The van der Waals surface area contributed by atoms with Crippen LogP contribution in [0.4, 0.5) is 4.39 Å². The van der Waals surface area contributed by atoms with E-state index in [1.54, 1.807) is 13.2 Å². The van der Waals surface area contributed by atoms with E-state index in [0.29, 0.717) is 22.3 Å². The van der Waals surface area contributed by atoms with Gasteiger partial charge in [0.15, 0.2) is 0 Å². The summed E-state index contributed by atoms with van der Waals surface area (Å²) in [5, 5.41) is 0. The second-order valence-corrected chi connectivity index (χ2v) is 4.43. The molecule has 0 saturated heterocycles. The van der Waals surface area contributed by atoms with Gasteiger partial charge in [0.2, 0.25) is 0 Å². The lowest BCUT2D eigenvalue weighted by atomic mass is 9.97. The molecule has 2 N–H and O–H groups in total.